The van der Waals surface area contributed by atoms with Crippen LogP contribution in [0.15, 0.2) is 24.5 Å². The number of nitrogens with zero attached hydrogens (tertiary/aromatic N) is 6. The van der Waals surface area contributed by atoms with E-state index in [9.17, 15) is 13.2 Å². The minimum Gasteiger partial charge on any atom is -0.461 e. The Morgan fingerprint density at radius 1 is 1.00 bits per heavy atom. The predicted octanol–water partition coefficient (Wildman–Crippen LogP) is 5.97. The zero-order valence-electron chi connectivity index (χ0n) is 23.1. The maximum atomic E-state index is 16.6. The van der Waals surface area contributed by atoms with Crippen molar-refractivity contribution < 1.29 is 22.3 Å². The second kappa shape index (κ2) is 9.48. The van der Waals surface area contributed by atoms with E-state index in [1.807, 2.05) is 0 Å². The van der Waals surface area contributed by atoms with Crippen molar-refractivity contribution in [3.8, 4) is 17.3 Å². The summed E-state index contributed by atoms with van der Waals surface area (Å²) in [4.78, 5) is 18.2. The number of ether oxygens (including phenoxy) is 1. The number of halogens is 4. The molecule has 4 fully saturated rings. The summed E-state index contributed by atoms with van der Waals surface area (Å²) < 4.78 is 65.4. The molecule has 1 aromatic carbocycles. The molecule has 42 heavy (non-hydrogen) atoms. The first kappa shape index (κ1) is 26.1. The van der Waals surface area contributed by atoms with Crippen LogP contribution in [0.5, 0.6) is 6.01 Å². The molecule has 4 aromatic rings. The highest BCUT2D eigenvalue weighted by atomic mass is 19.4. The van der Waals surface area contributed by atoms with Gasteiger partial charge in [0.15, 0.2) is 5.82 Å². The molecule has 0 radical (unpaired) electrons. The van der Waals surface area contributed by atoms with Gasteiger partial charge in [-0.3, -0.25) is 15.0 Å². The Morgan fingerprint density at radius 3 is 2.50 bits per heavy atom. The van der Waals surface area contributed by atoms with Gasteiger partial charge in [0, 0.05) is 30.2 Å². The van der Waals surface area contributed by atoms with E-state index in [2.05, 4.69) is 30.0 Å². The van der Waals surface area contributed by atoms with Crippen molar-refractivity contribution in [3.05, 3.63) is 35.9 Å². The Hall–Kier alpha value is -3.54. The van der Waals surface area contributed by atoms with Crippen LogP contribution in [0.4, 0.5) is 23.4 Å². The number of hydrogen-bond acceptors (Lipinski definition) is 7. The monoisotopic (exact) mass is 581 g/mol. The minimum atomic E-state index is -4.73. The standard InChI is InChI=1S/C30H31F4N7O/c31-24-25-20(12-35-26(24)23-19-13-36-39-22(19)6-5-21(23)30(32,33)34)27(40-14-17-3-4-18(11-17)15-40)38-28(37-25)42-16-29-7-1-9-41(29)10-2-8-29/h5-6,12-13,17-18H,1-4,7-11,14-16H2,(H,36,39). The summed E-state index contributed by atoms with van der Waals surface area (Å²) in [5.74, 6) is 0.677. The molecule has 4 aliphatic rings. The van der Waals surface area contributed by atoms with E-state index >= 15 is 4.39 Å². The topological polar surface area (TPSA) is 83.1 Å². The van der Waals surface area contributed by atoms with E-state index < -0.39 is 23.3 Å². The molecule has 0 spiro atoms. The largest absolute Gasteiger partial charge is 0.461 e. The van der Waals surface area contributed by atoms with Gasteiger partial charge in [-0.1, -0.05) is 0 Å². The van der Waals surface area contributed by atoms with Gasteiger partial charge in [-0.15, -0.1) is 0 Å². The van der Waals surface area contributed by atoms with Crippen molar-refractivity contribution in [3.63, 3.8) is 0 Å². The Kier molecular flexibility index (Phi) is 5.90. The summed E-state index contributed by atoms with van der Waals surface area (Å²) in [6.07, 6.45) is 5.70. The zero-order valence-corrected chi connectivity index (χ0v) is 23.1. The van der Waals surface area contributed by atoms with Crippen LogP contribution in [-0.4, -0.2) is 68.4 Å². The van der Waals surface area contributed by atoms with Crippen molar-refractivity contribution in [2.45, 2.75) is 56.7 Å². The van der Waals surface area contributed by atoms with Crippen LogP contribution >= 0.6 is 0 Å². The lowest BCUT2D eigenvalue weighted by Crippen LogP contribution is -2.43. The molecule has 1 aliphatic carbocycles. The van der Waals surface area contributed by atoms with E-state index in [-0.39, 0.29) is 28.0 Å². The quantitative estimate of drug-likeness (QED) is 0.291. The van der Waals surface area contributed by atoms with E-state index in [0.717, 1.165) is 70.8 Å². The zero-order chi connectivity index (χ0) is 28.6. The van der Waals surface area contributed by atoms with Gasteiger partial charge in [0.25, 0.3) is 0 Å². The lowest BCUT2D eigenvalue weighted by Gasteiger charge is -2.34. The van der Waals surface area contributed by atoms with Gasteiger partial charge in [-0.25, -0.2) is 4.39 Å². The highest BCUT2D eigenvalue weighted by molar-refractivity contribution is 5.99. The van der Waals surface area contributed by atoms with Gasteiger partial charge >= 0.3 is 12.2 Å². The predicted molar refractivity (Wildman–Crippen MR) is 149 cm³/mol. The molecular formula is C30H31F4N7O. The second-order valence-corrected chi connectivity index (χ2v) is 12.5. The SMILES string of the molecule is Fc1c(-c2c(C(F)(F)F)ccc3[nH]ncc23)ncc2c(N3CC4CCC(C4)C3)nc(OCC34CCCN3CCC4)nc12. The van der Waals surface area contributed by atoms with Crippen molar-refractivity contribution in [1.29, 1.82) is 0 Å². The first-order valence-corrected chi connectivity index (χ1v) is 14.8. The molecule has 2 bridgehead atoms. The van der Waals surface area contributed by atoms with Crippen LogP contribution in [0.1, 0.15) is 50.5 Å². The molecule has 3 aliphatic heterocycles. The fraction of sp³-hybridized carbons (Fsp3) is 0.533. The van der Waals surface area contributed by atoms with Crippen molar-refractivity contribution in [2.24, 2.45) is 11.8 Å². The van der Waals surface area contributed by atoms with Gasteiger partial charge in [-0.2, -0.15) is 28.2 Å². The van der Waals surface area contributed by atoms with Crippen molar-refractivity contribution in [1.82, 2.24) is 30.0 Å². The number of fused-ring (bicyclic) bond motifs is 5. The third-order valence-corrected chi connectivity index (χ3v) is 10.00. The average molecular weight is 582 g/mol. The number of aromatic nitrogens is 5. The third-order valence-electron chi connectivity index (χ3n) is 10.00. The number of aromatic amines is 1. The number of H-pyrrole nitrogens is 1. The van der Waals surface area contributed by atoms with Gasteiger partial charge < -0.3 is 9.64 Å². The maximum Gasteiger partial charge on any atom is 0.417 e. The van der Waals surface area contributed by atoms with E-state index in [1.165, 1.54) is 24.9 Å². The van der Waals surface area contributed by atoms with Crippen LogP contribution in [-0.2, 0) is 6.18 Å². The summed E-state index contributed by atoms with van der Waals surface area (Å²) in [7, 11) is 0. The Balaban J connectivity index is 1.28. The first-order chi connectivity index (χ1) is 20.3. The fourth-order valence-corrected chi connectivity index (χ4v) is 8.05. The molecule has 8 nitrogen and oxygen atoms in total. The Morgan fingerprint density at radius 2 is 1.76 bits per heavy atom. The molecule has 12 heteroatoms. The second-order valence-electron chi connectivity index (χ2n) is 12.5. The van der Waals surface area contributed by atoms with Crippen LogP contribution in [0.2, 0.25) is 0 Å². The highest BCUT2D eigenvalue weighted by Gasteiger charge is 2.45. The summed E-state index contributed by atoms with van der Waals surface area (Å²) in [6.45, 7) is 4.05. The number of benzene rings is 1. The molecule has 0 amide bonds. The molecular weight excluding hydrogens is 550 g/mol. The molecule has 2 unspecified atom stereocenters. The lowest BCUT2D eigenvalue weighted by molar-refractivity contribution is -0.137. The number of alkyl halides is 3. The number of pyridine rings is 1. The molecule has 3 aromatic heterocycles. The van der Waals surface area contributed by atoms with Crippen LogP contribution in [0.25, 0.3) is 33.1 Å². The van der Waals surface area contributed by atoms with Gasteiger partial charge in [-0.05, 0) is 82.0 Å². The van der Waals surface area contributed by atoms with Gasteiger partial charge in [0.2, 0.25) is 0 Å². The summed E-state index contributed by atoms with van der Waals surface area (Å²) in [5, 5.41) is 7.09. The Bertz CT molecular complexity index is 1670. The van der Waals surface area contributed by atoms with Crippen molar-refractivity contribution >= 4 is 27.6 Å². The average Bonchev–Trinajstić information content (AvgIpc) is 3.75. The van der Waals surface area contributed by atoms with Crippen LogP contribution in [0, 0.1) is 17.7 Å². The number of hydrogen-bond donors (Lipinski definition) is 1. The summed E-state index contributed by atoms with van der Waals surface area (Å²) in [6, 6.07) is 2.27. The highest BCUT2D eigenvalue weighted by Crippen LogP contribution is 2.44. The van der Waals surface area contributed by atoms with Crippen LogP contribution in [0.3, 0.4) is 0 Å². The maximum absolute atomic E-state index is 16.6. The number of anilines is 1. The van der Waals surface area contributed by atoms with E-state index in [0.29, 0.717) is 35.2 Å². The molecule has 220 valence electrons. The molecule has 6 heterocycles. The molecule has 3 saturated heterocycles. The molecule has 2 atom stereocenters. The first-order valence-electron chi connectivity index (χ1n) is 14.8. The van der Waals surface area contributed by atoms with E-state index in [1.54, 1.807) is 0 Å². The summed E-state index contributed by atoms with van der Waals surface area (Å²) in [5.41, 5.74) is -1.57. The molecule has 1 saturated carbocycles. The fourth-order valence-electron chi connectivity index (χ4n) is 8.05. The van der Waals surface area contributed by atoms with Crippen LogP contribution < -0.4 is 9.64 Å². The third kappa shape index (κ3) is 4.12. The number of piperidine rings is 1. The minimum absolute atomic E-state index is 0.0529. The Labute approximate surface area is 239 Å². The molecule has 1 N–H and O–H groups in total. The molecule has 8 rings (SSSR count). The lowest BCUT2D eigenvalue weighted by atomic mass is 9.95. The number of rotatable bonds is 5. The van der Waals surface area contributed by atoms with Crippen molar-refractivity contribution in [2.75, 3.05) is 37.7 Å². The summed E-state index contributed by atoms with van der Waals surface area (Å²) >= 11 is 0. The smallest absolute Gasteiger partial charge is 0.417 e. The normalized spacial score (nSPS) is 23.8. The van der Waals surface area contributed by atoms with Gasteiger partial charge in [0.05, 0.1) is 28.2 Å². The van der Waals surface area contributed by atoms with E-state index in [4.69, 9.17) is 9.72 Å². The number of nitrogens with one attached hydrogen (secondary N) is 1. The van der Waals surface area contributed by atoms with Gasteiger partial charge in [0.1, 0.15) is 23.6 Å².